The highest BCUT2D eigenvalue weighted by molar-refractivity contribution is 5.82. The van der Waals surface area contributed by atoms with Gasteiger partial charge in [-0.15, -0.1) is 0 Å². The summed E-state index contributed by atoms with van der Waals surface area (Å²) in [4.78, 5) is 15.4. The van der Waals surface area contributed by atoms with Crippen LogP contribution in [0.4, 0.5) is 4.39 Å². The highest BCUT2D eigenvalue weighted by Crippen LogP contribution is 2.08. The third-order valence-electron chi connectivity index (χ3n) is 2.90. The first-order chi connectivity index (χ1) is 9.01. The van der Waals surface area contributed by atoms with Gasteiger partial charge in [-0.3, -0.25) is 9.79 Å². The molecule has 1 atom stereocenters. The maximum atomic E-state index is 13.2. The second-order valence-corrected chi connectivity index (χ2v) is 4.64. The molecule has 0 aliphatic heterocycles. The number of nitrogens with zero attached hydrogens (tertiary/aromatic N) is 1. The molecule has 0 rings (SSSR count). The van der Waals surface area contributed by atoms with Crippen molar-refractivity contribution in [2.45, 2.75) is 46.0 Å². The predicted octanol–water partition coefficient (Wildman–Crippen LogP) is 2.55. The number of rotatable bonds is 9. The Hall–Kier alpha value is -1.39. The smallest absolute Gasteiger partial charge is 0.222 e. The van der Waals surface area contributed by atoms with Gasteiger partial charge >= 0.3 is 0 Å². The number of amidine groups is 1. The third kappa shape index (κ3) is 9.22. The van der Waals surface area contributed by atoms with Crippen molar-refractivity contribution in [3.05, 3.63) is 11.9 Å². The van der Waals surface area contributed by atoms with Crippen molar-refractivity contribution in [2.24, 2.45) is 16.6 Å². The highest BCUT2D eigenvalue weighted by atomic mass is 19.1. The van der Waals surface area contributed by atoms with Crippen molar-refractivity contribution in [2.75, 3.05) is 13.6 Å². The maximum Gasteiger partial charge on any atom is 0.222 e. The van der Waals surface area contributed by atoms with Gasteiger partial charge in [-0.05, 0) is 25.3 Å². The minimum absolute atomic E-state index is 0.00157. The Bertz CT molecular complexity index is 327. The van der Waals surface area contributed by atoms with Crippen LogP contribution in [0.15, 0.2) is 16.9 Å². The van der Waals surface area contributed by atoms with Crippen molar-refractivity contribution in [3.8, 4) is 0 Å². The summed E-state index contributed by atoms with van der Waals surface area (Å²) in [5.41, 5.74) is 5.72. The fourth-order valence-corrected chi connectivity index (χ4v) is 1.53. The van der Waals surface area contributed by atoms with Crippen LogP contribution in [-0.4, -0.2) is 25.3 Å². The average Bonchev–Trinajstić information content (AvgIpc) is 2.41. The topological polar surface area (TPSA) is 67.5 Å². The van der Waals surface area contributed by atoms with E-state index < -0.39 is 0 Å². The number of hydrogen-bond acceptors (Lipinski definition) is 2. The number of unbranched alkanes of at least 4 members (excludes halogenated alkanes) is 1. The van der Waals surface area contributed by atoms with E-state index in [4.69, 9.17) is 5.73 Å². The van der Waals surface area contributed by atoms with Crippen LogP contribution in [0.5, 0.6) is 0 Å². The number of nitrogens with one attached hydrogen (secondary N) is 1. The van der Waals surface area contributed by atoms with Crippen LogP contribution in [0.25, 0.3) is 0 Å². The van der Waals surface area contributed by atoms with Gasteiger partial charge in [0.15, 0.2) is 0 Å². The zero-order chi connectivity index (χ0) is 14.7. The number of aliphatic imine (C=N–C) groups is 1. The summed E-state index contributed by atoms with van der Waals surface area (Å²) in [6.07, 6.45) is 4.97. The zero-order valence-corrected chi connectivity index (χ0v) is 12.2. The molecule has 0 radical (unpaired) electrons. The van der Waals surface area contributed by atoms with E-state index in [1.165, 1.54) is 6.08 Å². The second-order valence-electron chi connectivity index (χ2n) is 4.64. The van der Waals surface area contributed by atoms with E-state index in [9.17, 15) is 9.18 Å². The van der Waals surface area contributed by atoms with Crippen LogP contribution < -0.4 is 11.1 Å². The largest absolute Gasteiger partial charge is 0.387 e. The summed E-state index contributed by atoms with van der Waals surface area (Å²) in [7, 11) is 1.61. The standard InChI is InChI=1S/C14H26FN3O/c1-4-5-6-12(15)9-10-18-13(16)8-7-11(2)14(19)17-3/h9,11H,4-8,10H2,1-3H3,(H2,16,18)(H,17,19). The lowest BCUT2D eigenvalue weighted by atomic mass is 10.0. The van der Waals surface area contributed by atoms with Crippen LogP contribution in [0.1, 0.15) is 46.0 Å². The average molecular weight is 271 g/mol. The molecule has 0 bridgehead atoms. The fraction of sp³-hybridized carbons (Fsp3) is 0.714. The Morgan fingerprint density at radius 1 is 1.47 bits per heavy atom. The lowest BCUT2D eigenvalue weighted by Crippen LogP contribution is -2.26. The first-order valence-electron chi connectivity index (χ1n) is 6.86. The number of hydrogen-bond donors (Lipinski definition) is 2. The SMILES string of the molecule is CCCCC(F)=CCN=C(N)CCC(C)C(=O)NC. The van der Waals surface area contributed by atoms with Gasteiger partial charge in [-0.2, -0.15) is 0 Å². The quantitative estimate of drug-likeness (QED) is 0.500. The van der Waals surface area contributed by atoms with Crippen LogP contribution in [0.2, 0.25) is 0 Å². The molecule has 0 aliphatic carbocycles. The Kier molecular flexibility index (Phi) is 9.75. The van der Waals surface area contributed by atoms with Crippen molar-refractivity contribution in [1.29, 1.82) is 0 Å². The van der Waals surface area contributed by atoms with Crippen molar-refractivity contribution in [1.82, 2.24) is 5.32 Å². The van der Waals surface area contributed by atoms with Gasteiger partial charge in [0.2, 0.25) is 5.91 Å². The van der Waals surface area contributed by atoms with E-state index in [-0.39, 0.29) is 24.2 Å². The molecule has 3 N–H and O–H groups in total. The number of allylic oxidation sites excluding steroid dienone is 1. The van der Waals surface area contributed by atoms with Gasteiger partial charge in [-0.25, -0.2) is 4.39 Å². The highest BCUT2D eigenvalue weighted by Gasteiger charge is 2.10. The zero-order valence-electron chi connectivity index (χ0n) is 12.2. The Labute approximate surface area is 115 Å². The molecule has 0 aromatic rings. The van der Waals surface area contributed by atoms with Gasteiger partial charge in [-0.1, -0.05) is 20.3 Å². The van der Waals surface area contributed by atoms with Crippen LogP contribution >= 0.6 is 0 Å². The van der Waals surface area contributed by atoms with Crippen LogP contribution in [-0.2, 0) is 4.79 Å². The third-order valence-corrected chi connectivity index (χ3v) is 2.90. The molecule has 110 valence electrons. The van der Waals surface area contributed by atoms with Gasteiger partial charge < -0.3 is 11.1 Å². The molecule has 0 aliphatic rings. The number of halogens is 1. The number of carbonyl (C=O) groups excluding carboxylic acids is 1. The van der Waals surface area contributed by atoms with E-state index in [0.29, 0.717) is 25.1 Å². The number of nitrogens with two attached hydrogens (primary N) is 1. The summed E-state index contributed by atoms with van der Waals surface area (Å²) < 4.78 is 13.2. The minimum atomic E-state index is -0.128. The van der Waals surface area contributed by atoms with Crippen molar-refractivity contribution >= 4 is 11.7 Å². The summed E-state index contributed by atoms with van der Waals surface area (Å²) in [5, 5.41) is 2.59. The van der Waals surface area contributed by atoms with Crippen LogP contribution in [0.3, 0.4) is 0 Å². The summed E-state index contributed by atoms with van der Waals surface area (Å²) >= 11 is 0. The fourth-order valence-electron chi connectivity index (χ4n) is 1.53. The maximum absolute atomic E-state index is 13.2. The number of carbonyl (C=O) groups is 1. The molecule has 1 unspecified atom stereocenters. The molecule has 0 fully saturated rings. The lowest BCUT2D eigenvalue weighted by Gasteiger charge is -2.08. The summed E-state index contributed by atoms with van der Waals surface area (Å²) in [5.74, 6) is 0.251. The molecule has 4 nitrogen and oxygen atoms in total. The monoisotopic (exact) mass is 271 g/mol. The summed E-state index contributed by atoms with van der Waals surface area (Å²) in [6.45, 7) is 4.14. The van der Waals surface area contributed by atoms with Crippen LogP contribution in [0, 0.1) is 5.92 Å². The van der Waals surface area contributed by atoms with E-state index in [1.54, 1.807) is 7.05 Å². The molecule has 0 heterocycles. The molecule has 0 aromatic carbocycles. The van der Waals surface area contributed by atoms with E-state index in [0.717, 1.165) is 12.8 Å². The molecule has 19 heavy (non-hydrogen) atoms. The molecule has 0 saturated carbocycles. The molecular weight excluding hydrogens is 245 g/mol. The van der Waals surface area contributed by atoms with Gasteiger partial charge in [0.05, 0.1) is 18.2 Å². The van der Waals surface area contributed by atoms with Gasteiger partial charge in [0.1, 0.15) is 0 Å². The minimum Gasteiger partial charge on any atom is -0.387 e. The normalized spacial score (nSPS) is 14.3. The van der Waals surface area contributed by atoms with Crippen molar-refractivity contribution < 1.29 is 9.18 Å². The molecule has 5 heteroatoms. The molecule has 0 saturated heterocycles. The second kappa shape index (κ2) is 10.5. The lowest BCUT2D eigenvalue weighted by molar-refractivity contribution is -0.124. The van der Waals surface area contributed by atoms with E-state index in [1.807, 2.05) is 13.8 Å². The Morgan fingerprint density at radius 3 is 2.74 bits per heavy atom. The molecule has 0 aromatic heterocycles. The Balaban J connectivity index is 3.97. The number of amides is 1. The Morgan fingerprint density at radius 2 is 2.16 bits per heavy atom. The first kappa shape index (κ1) is 17.6. The predicted molar refractivity (Wildman–Crippen MR) is 77.7 cm³/mol. The first-order valence-corrected chi connectivity index (χ1v) is 6.86. The van der Waals surface area contributed by atoms with Crippen molar-refractivity contribution in [3.63, 3.8) is 0 Å². The van der Waals surface area contributed by atoms with E-state index >= 15 is 0 Å². The van der Waals surface area contributed by atoms with Gasteiger partial charge in [0.25, 0.3) is 0 Å². The molecule has 1 amide bonds. The summed E-state index contributed by atoms with van der Waals surface area (Å²) in [6, 6.07) is 0. The van der Waals surface area contributed by atoms with E-state index in [2.05, 4.69) is 10.3 Å². The molecular formula is C14H26FN3O. The van der Waals surface area contributed by atoms with Gasteiger partial charge in [0, 0.05) is 19.4 Å². The molecule has 0 spiro atoms.